The molecule has 0 radical (unpaired) electrons. The van der Waals surface area contributed by atoms with E-state index in [1.807, 2.05) is 19.1 Å². The first kappa shape index (κ1) is 29.0. The molecule has 1 amide bonds. The highest BCUT2D eigenvalue weighted by molar-refractivity contribution is 6.55. The summed E-state index contributed by atoms with van der Waals surface area (Å²) >= 11 is 11.3. The van der Waals surface area contributed by atoms with Crippen LogP contribution in [0.3, 0.4) is 0 Å². The number of carbonyl (C=O) groups is 1. The lowest BCUT2D eigenvalue weighted by Gasteiger charge is -2.17. The minimum absolute atomic E-state index is 0.169. The molecule has 0 aliphatic heterocycles. The number of rotatable bonds is 14. The fourth-order valence-electron chi connectivity index (χ4n) is 3.43. The zero-order chi connectivity index (χ0) is 26.3. The molecule has 7 heteroatoms. The number of unbranched alkanes of at least 4 members (excludes halogenated alkanes) is 1. The summed E-state index contributed by atoms with van der Waals surface area (Å²) in [6, 6.07) is 10.9. The molecule has 36 heavy (non-hydrogen) atoms. The van der Waals surface area contributed by atoms with Gasteiger partial charge in [-0.25, -0.2) is 0 Å². The zero-order valence-electron chi connectivity index (χ0n) is 20.7. The second kappa shape index (κ2) is 15.7. The standard InChI is InChI=1S/C29H31Cl2NO4/c1-5-15-32(16-6-2)29(33)24-10-12-25(13-11-24)34-17-8-9-18-36-28-22(4)20-26(21-23(28)7-3)35-19-14-27(30)31/h1-2,10-14,20-21H,7-9,15-19H2,3-4H3. The Morgan fingerprint density at radius 2 is 1.61 bits per heavy atom. The first-order valence-corrected chi connectivity index (χ1v) is 12.4. The van der Waals surface area contributed by atoms with E-state index in [4.69, 9.17) is 50.3 Å². The molecule has 2 aromatic carbocycles. The van der Waals surface area contributed by atoms with Crippen molar-refractivity contribution in [2.75, 3.05) is 32.9 Å². The van der Waals surface area contributed by atoms with Crippen LogP contribution in [0.1, 0.15) is 41.3 Å². The number of amides is 1. The number of halogens is 2. The van der Waals surface area contributed by atoms with Crippen LogP contribution in [0.15, 0.2) is 47.0 Å². The molecule has 0 saturated heterocycles. The number of aryl methyl sites for hydroxylation is 2. The van der Waals surface area contributed by atoms with Gasteiger partial charge in [-0.3, -0.25) is 4.79 Å². The van der Waals surface area contributed by atoms with E-state index >= 15 is 0 Å². The summed E-state index contributed by atoms with van der Waals surface area (Å²) in [7, 11) is 0. The Kier molecular flexibility index (Phi) is 12.6. The Labute approximate surface area is 224 Å². The van der Waals surface area contributed by atoms with Gasteiger partial charge < -0.3 is 19.1 Å². The molecule has 190 valence electrons. The first-order chi connectivity index (χ1) is 17.4. The van der Waals surface area contributed by atoms with Crippen molar-refractivity contribution in [3.63, 3.8) is 0 Å². The second-order valence-corrected chi connectivity index (χ2v) is 8.89. The predicted molar refractivity (Wildman–Crippen MR) is 146 cm³/mol. The maximum absolute atomic E-state index is 12.5. The first-order valence-electron chi connectivity index (χ1n) is 11.7. The van der Waals surface area contributed by atoms with Gasteiger partial charge in [0.2, 0.25) is 0 Å². The predicted octanol–water partition coefficient (Wildman–Crippen LogP) is 6.20. The summed E-state index contributed by atoms with van der Waals surface area (Å²) in [6.07, 6.45) is 14.7. The lowest BCUT2D eigenvalue weighted by molar-refractivity contribution is 0.0796. The second-order valence-electron chi connectivity index (χ2n) is 7.88. The lowest BCUT2D eigenvalue weighted by atomic mass is 10.1. The van der Waals surface area contributed by atoms with Gasteiger partial charge >= 0.3 is 0 Å². The van der Waals surface area contributed by atoms with Gasteiger partial charge in [0.05, 0.1) is 26.3 Å². The average molecular weight is 528 g/mol. The lowest BCUT2D eigenvalue weighted by Crippen LogP contribution is -2.31. The van der Waals surface area contributed by atoms with E-state index in [0.717, 1.165) is 41.9 Å². The van der Waals surface area contributed by atoms with Gasteiger partial charge in [0, 0.05) is 5.56 Å². The van der Waals surface area contributed by atoms with Crippen molar-refractivity contribution in [1.82, 2.24) is 4.90 Å². The molecule has 0 saturated carbocycles. The van der Waals surface area contributed by atoms with Gasteiger partial charge in [-0.1, -0.05) is 42.0 Å². The average Bonchev–Trinajstić information content (AvgIpc) is 2.86. The summed E-state index contributed by atoms with van der Waals surface area (Å²) in [5.41, 5.74) is 2.61. The van der Waals surface area contributed by atoms with E-state index < -0.39 is 0 Å². The molecule has 2 rings (SSSR count). The molecule has 0 bridgehead atoms. The normalized spacial score (nSPS) is 10.1. The van der Waals surface area contributed by atoms with Gasteiger partial charge in [-0.15, -0.1) is 12.8 Å². The Bertz CT molecular complexity index is 1090. The number of hydrogen-bond donors (Lipinski definition) is 0. The van der Waals surface area contributed by atoms with Crippen LogP contribution in [0.25, 0.3) is 0 Å². The highest BCUT2D eigenvalue weighted by Crippen LogP contribution is 2.30. The minimum atomic E-state index is -0.201. The van der Waals surface area contributed by atoms with Crippen molar-refractivity contribution in [3.8, 4) is 41.9 Å². The summed E-state index contributed by atoms with van der Waals surface area (Å²) < 4.78 is 17.8. The Morgan fingerprint density at radius 1 is 0.972 bits per heavy atom. The fraction of sp³-hybridized carbons (Fsp3) is 0.345. The minimum Gasteiger partial charge on any atom is -0.494 e. The smallest absolute Gasteiger partial charge is 0.255 e. The summed E-state index contributed by atoms with van der Waals surface area (Å²) in [5.74, 6) is 7.04. The third kappa shape index (κ3) is 9.42. The molecule has 0 fully saturated rings. The summed E-state index contributed by atoms with van der Waals surface area (Å²) in [6.45, 7) is 5.84. The van der Waals surface area contributed by atoms with Crippen molar-refractivity contribution < 1.29 is 19.0 Å². The number of ether oxygens (including phenoxy) is 3. The van der Waals surface area contributed by atoms with Gasteiger partial charge in [-0.2, -0.15) is 0 Å². The number of terminal acetylenes is 2. The molecule has 0 spiro atoms. The van der Waals surface area contributed by atoms with Gasteiger partial charge in [0.1, 0.15) is 28.3 Å². The van der Waals surface area contributed by atoms with Gasteiger partial charge in [0.15, 0.2) is 0 Å². The van der Waals surface area contributed by atoms with Crippen molar-refractivity contribution in [3.05, 3.63) is 63.7 Å². The highest BCUT2D eigenvalue weighted by atomic mass is 35.5. The van der Waals surface area contributed by atoms with Crippen LogP contribution in [0.2, 0.25) is 0 Å². The Hall–Kier alpha value is -3.25. The molecule has 0 N–H and O–H groups in total. The summed E-state index contributed by atoms with van der Waals surface area (Å²) in [4.78, 5) is 13.9. The largest absolute Gasteiger partial charge is 0.494 e. The van der Waals surface area contributed by atoms with Crippen LogP contribution >= 0.6 is 23.2 Å². The summed E-state index contributed by atoms with van der Waals surface area (Å²) in [5, 5.41) is 0. The molecule has 5 nitrogen and oxygen atoms in total. The van der Waals surface area contributed by atoms with E-state index in [9.17, 15) is 4.79 Å². The van der Waals surface area contributed by atoms with Crippen molar-refractivity contribution >= 4 is 29.1 Å². The highest BCUT2D eigenvalue weighted by Gasteiger charge is 2.14. The number of carbonyl (C=O) groups excluding carboxylic acids is 1. The van der Waals surface area contributed by atoms with E-state index in [1.165, 1.54) is 4.90 Å². The van der Waals surface area contributed by atoms with E-state index in [1.54, 1.807) is 30.3 Å². The Morgan fingerprint density at radius 3 is 2.19 bits per heavy atom. The third-order valence-corrected chi connectivity index (χ3v) is 5.51. The molecule has 0 aromatic heterocycles. The zero-order valence-corrected chi connectivity index (χ0v) is 22.2. The molecule has 0 heterocycles. The van der Waals surface area contributed by atoms with Crippen LogP contribution in [0.5, 0.6) is 17.2 Å². The third-order valence-electron chi connectivity index (χ3n) is 5.20. The van der Waals surface area contributed by atoms with Crippen LogP contribution in [-0.4, -0.2) is 43.7 Å². The van der Waals surface area contributed by atoms with Crippen LogP contribution in [0.4, 0.5) is 0 Å². The number of hydrogen-bond acceptors (Lipinski definition) is 4. The van der Waals surface area contributed by atoms with E-state index in [2.05, 4.69) is 18.8 Å². The number of benzene rings is 2. The molecule has 0 aliphatic rings. The molecule has 0 unspecified atom stereocenters. The van der Waals surface area contributed by atoms with Crippen LogP contribution in [-0.2, 0) is 6.42 Å². The maximum Gasteiger partial charge on any atom is 0.255 e. The molecular weight excluding hydrogens is 497 g/mol. The fourth-order valence-corrected chi connectivity index (χ4v) is 3.56. The van der Waals surface area contributed by atoms with Gasteiger partial charge in [-0.05, 0) is 79.8 Å². The van der Waals surface area contributed by atoms with Crippen LogP contribution in [0, 0.1) is 31.6 Å². The molecule has 0 aliphatic carbocycles. The molecule has 2 aromatic rings. The molecular formula is C29H31Cl2NO4. The van der Waals surface area contributed by atoms with E-state index in [-0.39, 0.29) is 23.5 Å². The Balaban J connectivity index is 1.79. The topological polar surface area (TPSA) is 48.0 Å². The van der Waals surface area contributed by atoms with Crippen LogP contribution < -0.4 is 14.2 Å². The van der Waals surface area contributed by atoms with E-state index in [0.29, 0.717) is 31.1 Å². The monoisotopic (exact) mass is 527 g/mol. The SMILES string of the molecule is C#CCN(CC#C)C(=O)c1ccc(OCCCCOc2c(C)cc(OCC=C(Cl)Cl)cc2CC)cc1. The van der Waals surface area contributed by atoms with Crippen molar-refractivity contribution in [2.45, 2.75) is 33.1 Å². The van der Waals surface area contributed by atoms with Crippen molar-refractivity contribution in [1.29, 1.82) is 0 Å². The quantitative estimate of drug-likeness (QED) is 0.216. The maximum atomic E-state index is 12.5. The molecule has 0 atom stereocenters. The number of nitrogens with zero attached hydrogens (tertiary/aromatic N) is 1. The van der Waals surface area contributed by atoms with Gasteiger partial charge in [0.25, 0.3) is 5.91 Å². The van der Waals surface area contributed by atoms with Crippen molar-refractivity contribution in [2.24, 2.45) is 0 Å².